The third kappa shape index (κ3) is 3.81. The van der Waals surface area contributed by atoms with Gasteiger partial charge in [0.15, 0.2) is 6.29 Å². The lowest BCUT2D eigenvalue weighted by atomic mass is 10.2. The number of hydrogen-bond donors (Lipinski definition) is 0. The highest BCUT2D eigenvalue weighted by Gasteiger charge is 2.18. The molecule has 0 radical (unpaired) electrons. The molecule has 2 heterocycles. The normalized spacial score (nSPS) is 14.7. The van der Waals surface area contributed by atoms with Crippen molar-refractivity contribution >= 4 is 5.97 Å². The van der Waals surface area contributed by atoms with Crippen molar-refractivity contribution in [3.63, 3.8) is 0 Å². The van der Waals surface area contributed by atoms with Crippen LogP contribution in [0.3, 0.4) is 0 Å². The summed E-state index contributed by atoms with van der Waals surface area (Å²) in [4.78, 5) is 15.9. The first-order chi connectivity index (χ1) is 10.8. The summed E-state index contributed by atoms with van der Waals surface area (Å²) in [5.41, 5.74) is 0.441. The Hall–Kier alpha value is -2.44. The largest absolute Gasteiger partial charge is 0.457 e. The molecular weight excluding hydrogens is 286 g/mol. The number of rotatable bonds is 5. The zero-order valence-corrected chi connectivity index (χ0v) is 11.8. The zero-order valence-electron chi connectivity index (χ0n) is 11.8. The number of carbonyl (C=O) groups is 1. The number of pyridine rings is 1. The van der Waals surface area contributed by atoms with Crippen LogP contribution in [0.25, 0.3) is 0 Å². The van der Waals surface area contributed by atoms with Gasteiger partial charge in [0.25, 0.3) is 0 Å². The number of ether oxygens (including phenoxy) is 4. The van der Waals surface area contributed by atoms with E-state index in [9.17, 15) is 4.79 Å². The van der Waals surface area contributed by atoms with Gasteiger partial charge in [0.05, 0.1) is 25.0 Å². The lowest BCUT2D eigenvalue weighted by molar-refractivity contribution is -0.0809. The zero-order chi connectivity index (χ0) is 15.2. The highest BCUT2D eigenvalue weighted by atomic mass is 16.7. The first kappa shape index (κ1) is 14.5. The summed E-state index contributed by atoms with van der Waals surface area (Å²) in [5.74, 6) is 0.826. The number of nitrogens with zero attached hydrogens (tertiary/aromatic N) is 1. The van der Waals surface area contributed by atoms with Crippen molar-refractivity contribution in [1.29, 1.82) is 0 Å². The van der Waals surface area contributed by atoms with Crippen LogP contribution in [0.15, 0.2) is 48.8 Å². The minimum atomic E-state index is -0.461. The molecule has 0 amide bonds. The van der Waals surface area contributed by atoms with E-state index in [0.717, 1.165) is 0 Å². The lowest BCUT2D eigenvalue weighted by Gasteiger charge is -2.10. The summed E-state index contributed by atoms with van der Waals surface area (Å²) < 4.78 is 21.1. The van der Waals surface area contributed by atoms with Gasteiger partial charge in [-0.1, -0.05) is 0 Å². The number of benzene rings is 1. The third-order valence-electron chi connectivity index (χ3n) is 3.00. The van der Waals surface area contributed by atoms with Gasteiger partial charge in [-0.05, 0) is 36.4 Å². The summed E-state index contributed by atoms with van der Waals surface area (Å²) in [7, 11) is 0. The van der Waals surface area contributed by atoms with Gasteiger partial charge in [-0.2, -0.15) is 0 Å². The second-order valence-electron chi connectivity index (χ2n) is 4.58. The van der Waals surface area contributed by atoms with E-state index in [4.69, 9.17) is 18.9 Å². The average Bonchev–Trinajstić information content (AvgIpc) is 3.08. The minimum Gasteiger partial charge on any atom is -0.457 e. The molecule has 6 heteroatoms. The predicted octanol–water partition coefficient (Wildman–Crippen LogP) is 2.40. The molecule has 0 unspecified atom stereocenters. The van der Waals surface area contributed by atoms with Gasteiger partial charge in [0, 0.05) is 6.20 Å². The van der Waals surface area contributed by atoms with Crippen LogP contribution in [-0.4, -0.2) is 37.1 Å². The van der Waals surface area contributed by atoms with Crippen LogP contribution in [0.2, 0.25) is 0 Å². The van der Waals surface area contributed by atoms with Gasteiger partial charge >= 0.3 is 5.97 Å². The molecule has 1 aromatic heterocycles. The summed E-state index contributed by atoms with van der Waals surface area (Å²) in [6.45, 7) is 1.15. The van der Waals surface area contributed by atoms with Crippen LogP contribution < -0.4 is 4.74 Å². The molecule has 3 rings (SSSR count). The Morgan fingerprint density at radius 1 is 1.14 bits per heavy atom. The fourth-order valence-corrected chi connectivity index (χ4v) is 1.93. The van der Waals surface area contributed by atoms with Crippen molar-refractivity contribution in [3.8, 4) is 11.5 Å². The minimum absolute atomic E-state index is 0.0900. The number of hydrogen-bond acceptors (Lipinski definition) is 6. The monoisotopic (exact) mass is 301 g/mol. The molecule has 22 heavy (non-hydrogen) atoms. The average molecular weight is 301 g/mol. The SMILES string of the molecule is O=C(OCC1OCCO1)c1ccc(Oc2cccnc2)cc1. The number of esters is 1. The fourth-order valence-electron chi connectivity index (χ4n) is 1.93. The molecule has 1 fully saturated rings. The Balaban J connectivity index is 1.55. The van der Waals surface area contributed by atoms with E-state index in [1.54, 1.807) is 48.8 Å². The van der Waals surface area contributed by atoms with Gasteiger partial charge in [-0.15, -0.1) is 0 Å². The molecule has 0 aliphatic carbocycles. The van der Waals surface area contributed by atoms with E-state index in [1.165, 1.54) is 0 Å². The molecule has 114 valence electrons. The maximum absolute atomic E-state index is 11.9. The van der Waals surface area contributed by atoms with Gasteiger partial charge in [-0.3, -0.25) is 4.98 Å². The molecule has 0 N–H and O–H groups in total. The highest BCUT2D eigenvalue weighted by Crippen LogP contribution is 2.20. The van der Waals surface area contributed by atoms with Crippen molar-refractivity contribution in [3.05, 3.63) is 54.4 Å². The predicted molar refractivity (Wildman–Crippen MR) is 76.7 cm³/mol. The van der Waals surface area contributed by atoms with E-state index in [-0.39, 0.29) is 6.61 Å². The van der Waals surface area contributed by atoms with Crippen LogP contribution in [0.1, 0.15) is 10.4 Å². The summed E-state index contributed by atoms with van der Waals surface area (Å²) in [6, 6.07) is 10.3. The molecule has 1 aliphatic heterocycles. The molecule has 1 saturated heterocycles. The molecule has 0 spiro atoms. The molecular formula is C16H15NO5. The maximum atomic E-state index is 11.9. The molecule has 6 nitrogen and oxygen atoms in total. The van der Waals surface area contributed by atoms with E-state index in [0.29, 0.717) is 30.3 Å². The Morgan fingerprint density at radius 3 is 2.59 bits per heavy atom. The molecule has 0 atom stereocenters. The van der Waals surface area contributed by atoms with Crippen molar-refractivity contribution in [2.75, 3.05) is 19.8 Å². The lowest BCUT2D eigenvalue weighted by Crippen LogP contribution is -2.19. The maximum Gasteiger partial charge on any atom is 0.338 e. The summed E-state index contributed by atoms with van der Waals surface area (Å²) in [5, 5.41) is 0. The Bertz CT molecular complexity index is 608. The first-order valence-corrected chi connectivity index (χ1v) is 6.89. The van der Waals surface area contributed by atoms with Crippen LogP contribution in [-0.2, 0) is 14.2 Å². The fraction of sp³-hybridized carbons (Fsp3) is 0.250. The van der Waals surface area contributed by atoms with E-state index >= 15 is 0 Å². The van der Waals surface area contributed by atoms with Gasteiger partial charge in [0.2, 0.25) is 0 Å². The summed E-state index contributed by atoms with van der Waals surface area (Å²) in [6.07, 6.45) is 2.82. The number of carbonyl (C=O) groups excluding carboxylic acids is 1. The van der Waals surface area contributed by atoms with Gasteiger partial charge in [-0.25, -0.2) is 4.79 Å². The van der Waals surface area contributed by atoms with Crippen molar-refractivity contribution < 1.29 is 23.7 Å². The second kappa shape index (κ2) is 7.02. The molecule has 1 aromatic carbocycles. The second-order valence-corrected chi connectivity index (χ2v) is 4.58. The van der Waals surface area contributed by atoms with Crippen molar-refractivity contribution in [2.45, 2.75) is 6.29 Å². The van der Waals surface area contributed by atoms with Crippen LogP contribution >= 0.6 is 0 Å². The molecule has 0 saturated carbocycles. The Morgan fingerprint density at radius 2 is 1.91 bits per heavy atom. The summed E-state index contributed by atoms with van der Waals surface area (Å²) >= 11 is 0. The van der Waals surface area contributed by atoms with E-state index in [1.807, 2.05) is 0 Å². The molecule has 1 aliphatic rings. The van der Waals surface area contributed by atoms with Gasteiger partial charge < -0.3 is 18.9 Å². The smallest absolute Gasteiger partial charge is 0.338 e. The first-order valence-electron chi connectivity index (χ1n) is 6.89. The quantitative estimate of drug-likeness (QED) is 0.790. The Labute approximate surface area is 127 Å². The van der Waals surface area contributed by atoms with Crippen molar-refractivity contribution in [1.82, 2.24) is 4.98 Å². The number of aromatic nitrogens is 1. The van der Waals surface area contributed by atoms with Crippen LogP contribution in [0.5, 0.6) is 11.5 Å². The molecule has 2 aromatic rings. The van der Waals surface area contributed by atoms with Crippen LogP contribution in [0, 0.1) is 0 Å². The third-order valence-corrected chi connectivity index (χ3v) is 3.00. The van der Waals surface area contributed by atoms with Gasteiger partial charge in [0.1, 0.15) is 18.1 Å². The van der Waals surface area contributed by atoms with E-state index < -0.39 is 12.3 Å². The van der Waals surface area contributed by atoms with Crippen molar-refractivity contribution in [2.24, 2.45) is 0 Å². The Kier molecular flexibility index (Phi) is 4.62. The molecule has 0 bridgehead atoms. The topological polar surface area (TPSA) is 66.9 Å². The highest BCUT2D eigenvalue weighted by molar-refractivity contribution is 5.89. The standard InChI is InChI=1S/C16H15NO5/c18-16(21-11-15-19-8-9-20-15)12-3-5-13(6-4-12)22-14-2-1-7-17-10-14/h1-7,10,15H,8-9,11H2. The van der Waals surface area contributed by atoms with E-state index in [2.05, 4.69) is 4.98 Å². The van der Waals surface area contributed by atoms with Crippen LogP contribution in [0.4, 0.5) is 0 Å².